The summed E-state index contributed by atoms with van der Waals surface area (Å²) in [5.41, 5.74) is 3.12. The fourth-order valence-corrected chi connectivity index (χ4v) is 2.37. The van der Waals surface area contributed by atoms with Crippen molar-refractivity contribution in [3.63, 3.8) is 0 Å². The van der Waals surface area contributed by atoms with E-state index in [9.17, 15) is 4.79 Å². The Balaban J connectivity index is 1.80. The summed E-state index contributed by atoms with van der Waals surface area (Å²) in [6, 6.07) is 15.6. The molecular weight excluding hydrogens is 316 g/mol. The Labute approximate surface area is 148 Å². The van der Waals surface area contributed by atoms with Crippen LogP contribution in [0.2, 0.25) is 0 Å². The molecule has 1 N–H and O–H groups in total. The van der Waals surface area contributed by atoms with E-state index in [-0.39, 0.29) is 18.6 Å². The number of benzene rings is 2. The van der Waals surface area contributed by atoms with Crippen LogP contribution in [0.3, 0.4) is 0 Å². The van der Waals surface area contributed by atoms with Crippen molar-refractivity contribution in [2.24, 2.45) is 5.16 Å². The van der Waals surface area contributed by atoms with Crippen molar-refractivity contribution in [3.05, 3.63) is 65.2 Å². The molecule has 0 aliphatic rings. The molecule has 25 heavy (non-hydrogen) atoms. The van der Waals surface area contributed by atoms with Crippen LogP contribution in [0.5, 0.6) is 5.75 Å². The largest absolute Gasteiger partial charge is 0.496 e. The molecule has 1 amide bonds. The molecule has 0 aliphatic carbocycles. The average molecular weight is 340 g/mol. The van der Waals surface area contributed by atoms with Crippen molar-refractivity contribution < 1.29 is 14.4 Å². The van der Waals surface area contributed by atoms with E-state index in [0.717, 1.165) is 17.5 Å². The van der Waals surface area contributed by atoms with Crippen LogP contribution in [-0.4, -0.2) is 25.8 Å². The minimum absolute atomic E-state index is 0.0831. The van der Waals surface area contributed by atoms with E-state index >= 15 is 0 Å². The summed E-state index contributed by atoms with van der Waals surface area (Å²) in [4.78, 5) is 17.0. The number of hydrogen-bond donors (Lipinski definition) is 1. The maximum Gasteiger partial charge on any atom is 0.261 e. The smallest absolute Gasteiger partial charge is 0.261 e. The van der Waals surface area contributed by atoms with Gasteiger partial charge in [-0.25, -0.2) is 0 Å². The van der Waals surface area contributed by atoms with Crippen molar-refractivity contribution in [2.75, 3.05) is 13.7 Å². The highest BCUT2D eigenvalue weighted by atomic mass is 16.6. The first-order valence-electron chi connectivity index (χ1n) is 8.30. The lowest BCUT2D eigenvalue weighted by molar-refractivity contribution is -0.126. The third-order valence-corrected chi connectivity index (χ3v) is 3.87. The number of hydrogen-bond acceptors (Lipinski definition) is 4. The number of amides is 1. The van der Waals surface area contributed by atoms with Gasteiger partial charge in [-0.15, -0.1) is 0 Å². The second kappa shape index (κ2) is 9.47. The van der Waals surface area contributed by atoms with Crippen molar-refractivity contribution in [1.82, 2.24) is 5.32 Å². The summed E-state index contributed by atoms with van der Waals surface area (Å²) >= 11 is 0. The van der Waals surface area contributed by atoms with E-state index in [1.54, 1.807) is 7.11 Å². The Morgan fingerprint density at radius 2 is 1.92 bits per heavy atom. The van der Waals surface area contributed by atoms with E-state index < -0.39 is 0 Å². The van der Waals surface area contributed by atoms with E-state index in [0.29, 0.717) is 5.75 Å². The highest BCUT2D eigenvalue weighted by Gasteiger charge is 2.09. The molecule has 0 unspecified atom stereocenters. The van der Waals surface area contributed by atoms with Gasteiger partial charge in [0.15, 0.2) is 6.61 Å². The summed E-state index contributed by atoms with van der Waals surface area (Å²) < 4.78 is 5.22. The number of nitrogens with one attached hydrogen (secondary N) is 1. The van der Waals surface area contributed by atoms with Crippen LogP contribution >= 0.6 is 0 Å². The number of rotatable bonds is 8. The predicted molar refractivity (Wildman–Crippen MR) is 98.9 cm³/mol. The normalized spacial score (nSPS) is 12.0. The standard InChI is InChI=1S/C20H24N2O3/c1-4-16-9-11-17(12-10-16)15(2)22-20(23)14-25-21-13-18-7-5-6-8-19(18)24-3/h5-13,15H,4,14H2,1-3H3,(H,22,23)/b21-13-/t15-/m1/s1. The number of nitrogens with zero attached hydrogens (tertiary/aromatic N) is 1. The average Bonchev–Trinajstić information content (AvgIpc) is 2.65. The zero-order chi connectivity index (χ0) is 18.1. The van der Waals surface area contributed by atoms with Gasteiger partial charge in [-0.1, -0.05) is 48.5 Å². The molecule has 0 aliphatic heterocycles. The minimum Gasteiger partial charge on any atom is -0.496 e. The predicted octanol–water partition coefficient (Wildman–Crippen LogP) is 3.49. The molecule has 0 aromatic heterocycles. The highest BCUT2D eigenvalue weighted by Crippen LogP contribution is 2.15. The van der Waals surface area contributed by atoms with Crippen LogP contribution in [0.4, 0.5) is 0 Å². The van der Waals surface area contributed by atoms with E-state index in [1.807, 2.05) is 43.3 Å². The zero-order valence-corrected chi connectivity index (χ0v) is 14.9. The zero-order valence-electron chi connectivity index (χ0n) is 14.9. The first kappa shape index (κ1) is 18.5. The van der Waals surface area contributed by atoms with E-state index in [2.05, 4.69) is 29.5 Å². The first-order chi connectivity index (χ1) is 12.1. The number of methoxy groups -OCH3 is 1. The fourth-order valence-electron chi connectivity index (χ4n) is 2.37. The number of carbonyl (C=O) groups excluding carboxylic acids is 1. The molecule has 5 nitrogen and oxygen atoms in total. The molecule has 0 saturated carbocycles. The fraction of sp³-hybridized carbons (Fsp3) is 0.300. The molecule has 2 aromatic rings. The van der Waals surface area contributed by atoms with Crippen molar-refractivity contribution >= 4 is 12.1 Å². The van der Waals surface area contributed by atoms with Crippen molar-refractivity contribution in [2.45, 2.75) is 26.3 Å². The molecule has 0 saturated heterocycles. The van der Waals surface area contributed by atoms with E-state index in [4.69, 9.17) is 9.57 Å². The number of ether oxygens (including phenoxy) is 1. The molecule has 2 rings (SSSR count). The Hall–Kier alpha value is -2.82. The Bertz CT molecular complexity index is 711. The highest BCUT2D eigenvalue weighted by molar-refractivity contribution is 5.83. The second-order valence-corrected chi connectivity index (χ2v) is 5.63. The SMILES string of the molecule is CCc1ccc([C@@H](C)NC(=O)CO/N=C\c2ccccc2OC)cc1. The van der Waals surface area contributed by atoms with Gasteiger partial charge in [0.25, 0.3) is 5.91 Å². The van der Waals surface area contributed by atoms with Crippen LogP contribution in [0.1, 0.15) is 36.6 Å². The van der Waals surface area contributed by atoms with Gasteiger partial charge in [0.1, 0.15) is 5.75 Å². The molecule has 0 radical (unpaired) electrons. The third-order valence-electron chi connectivity index (χ3n) is 3.87. The maximum atomic E-state index is 11.9. The minimum atomic E-state index is -0.218. The van der Waals surface area contributed by atoms with Crippen LogP contribution in [-0.2, 0) is 16.1 Å². The van der Waals surface area contributed by atoms with Gasteiger partial charge < -0.3 is 14.9 Å². The Morgan fingerprint density at radius 3 is 2.60 bits per heavy atom. The molecule has 0 heterocycles. The Kier molecular flexibility index (Phi) is 7.01. The number of para-hydroxylation sites is 1. The molecule has 0 spiro atoms. The Morgan fingerprint density at radius 1 is 1.20 bits per heavy atom. The van der Waals surface area contributed by atoms with Gasteiger partial charge in [-0.2, -0.15) is 0 Å². The van der Waals surface area contributed by atoms with Crippen molar-refractivity contribution in [1.29, 1.82) is 0 Å². The lowest BCUT2D eigenvalue weighted by atomic mass is 10.1. The van der Waals surface area contributed by atoms with Gasteiger partial charge >= 0.3 is 0 Å². The lowest BCUT2D eigenvalue weighted by Crippen LogP contribution is -2.29. The van der Waals surface area contributed by atoms with Gasteiger partial charge in [0.2, 0.25) is 0 Å². The molecule has 132 valence electrons. The summed E-state index contributed by atoms with van der Waals surface area (Å²) in [5, 5.41) is 6.72. The van der Waals surface area contributed by atoms with Crippen LogP contribution < -0.4 is 10.1 Å². The topological polar surface area (TPSA) is 59.9 Å². The van der Waals surface area contributed by atoms with Gasteiger partial charge in [0, 0.05) is 5.56 Å². The molecule has 5 heteroatoms. The van der Waals surface area contributed by atoms with Crippen molar-refractivity contribution in [3.8, 4) is 5.75 Å². The molecule has 1 atom stereocenters. The summed E-state index contributed by atoms with van der Waals surface area (Å²) in [7, 11) is 1.59. The summed E-state index contributed by atoms with van der Waals surface area (Å²) in [5.74, 6) is 0.479. The van der Waals surface area contributed by atoms with E-state index in [1.165, 1.54) is 11.8 Å². The van der Waals surface area contributed by atoms with Crippen LogP contribution in [0.25, 0.3) is 0 Å². The van der Waals surface area contributed by atoms with Gasteiger partial charge in [0.05, 0.1) is 19.4 Å². The first-order valence-corrected chi connectivity index (χ1v) is 8.30. The van der Waals surface area contributed by atoms with Gasteiger partial charge in [-0.05, 0) is 36.6 Å². The molecule has 0 fully saturated rings. The molecule has 2 aromatic carbocycles. The van der Waals surface area contributed by atoms with Crippen LogP contribution in [0.15, 0.2) is 53.7 Å². The van der Waals surface area contributed by atoms with Crippen LogP contribution in [0, 0.1) is 0 Å². The maximum absolute atomic E-state index is 11.9. The number of oxime groups is 1. The number of aryl methyl sites for hydroxylation is 1. The molecule has 0 bridgehead atoms. The summed E-state index contributed by atoms with van der Waals surface area (Å²) in [6.45, 7) is 3.92. The van der Waals surface area contributed by atoms with Gasteiger partial charge in [-0.3, -0.25) is 4.79 Å². The summed E-state index contributed by atoms with van der Waals surface area (Å²) in [6.07, 6.45) is 2.53. The monoisotopic (exact) mass is 340 g/mol. The second-order valence-electron chi connectivity index (χ2n) is 5.63. The third kappa shape index (κ3) is 5.64. The number of carbonyl (C=O) groups is 1. The molecular formula is C20H24N2O3. The quantitative estimate of drug-likeness (QED) is 0.591. The lowest BCUT2D eigenvalue weighted by Gasteiger charge is -2.14.